The molecule has 0 radical (unpaired) electrons. The zero-order chi connectivity index (χ0) is 18.4. The van der Waals surface area contributed by atoms with Crippen molar-refractivity contribution in [2.45, 2.75) is 13.1 Å². The molecule has 1 aliphatic carbocycles. The molecule has 0 spiro atoms. The van der Waals surface area contributed by atoms with Crippen molar-refractivity contribution in [3.63, 3.8) is 0 Å². The summed E-state index contributed by atoms with van der Waals surface area (Å²) in [5.74, 6) is -3.50. The maximum absolute atomic E-state index is 12.7. The number of aromatic nitrogens is 2. The third-order valence-corrected chi connectivity index (χ3v) is 3.67. The summed E-state index contributed by atoms with van der Waals surface area (Å²) in [6.45, 7) is 1.41. The number of nitrogens with one attached hydrogen (secondary N) is 1. The lowest BCUT2D eigenvalue weighted by Gasteiger charge is -2.08. The second-order valence-electron chi connectivity index (χ2n) is 5.38. The largest absolute Gasteiger partial charge is 0.451 e. The number of carbonyl (C=O) groups is 2. The Morgan fingerprint density at radius 1 is 1.28 bits per heavy atom. The standard InChI is InChI=1S/C16H9F3N4O2/c1-7(5-20)14(25)22-8-2-3-9-10(4-8)13(24)12-11(9)6-21-15(23-12)16(17,18)19/h2-4,6-7H,1H3,(H,22,25). The van der Waals surface area contributed by atoms with E-state index in [9.17, 15) is 22.8 Å². The van der Waals surface area contributed by atoms with Gasteiger partial charge in [-0.2, -0.15) is 18.4 Å². The summed E-state index contributed by atoms with van der Waals surface area (Å²) in [6, 6.07) is 6.09. The van der Waals surface area contributed by atoms with E-state index in [-0.39, 0.29) is 22.5 Å². The normalized spacial score (nSPS) is 13.6. The van der Waals surface area contributed by atoms with E-state index in [0.29, 0.717) is 5.56 Å². The number of fused-ring (bicyclic) bond motifs is 3. The highest BCUT2D eigenvalue weighted by molar-refractivity contribution is 6.21. The maximum atomic E-state index is 12.7. The lowest BCUT2D eigenvalue weighted by atomic mass is 10.1. The Hall–Kier alpha value is -3.28. The van der Waals surface area contributed by atoms with Crippen molar-refractivity contribution >= 4 is 17.4 Å². The van der Waals surface area contributed by atoms with Gasteiger partial charge in [0, 0.05) is 23.0 Å². The average Bonchev–Trinajstić information content (AvgIpc) is 2.85. The zero-order valence-electron chi connectivity index (χ0n) is 12.7. The van der Waals surface area contributed by atoms with Crippen LogP contribution < -0.4 is 5.32 Å². The number of anilines is 1. The summed E-state index contributed by atoms with van der Waals surface area (Å²) in [4.78, 5) is 30.7. The predicted octanol–water partition coefficient (Wildman–Crippen LogP) is 2.80. The molecule has 6 nitrogen and oxygen atoms in total. The van der Waals surface area contributed by atoms with Gasteiger partial charge in [-0.15, -0.1) is 0 Å². The smallest absolute Gasteiger partial charge is 0.325 e. The summed E-state index contributed by atoms with van der Waals surface area (Å²) in [6.07, 6.45) is -3.79. The molecule has 1 atom stereocenters. The van der Waals surface area contributed by atoms with Crippen molar-refractivity contribution in [1.29, 1.82) is 5.26 Å². The molecule has 1 unspecified atom stereocenters. The molecule has 126 valence electrons. The van der Waals surface area contributed by atoms with Gasteiger partial charge in [0.05, 0.1) is 6.07 Å². The monoisotopic (exact) mass is 346 g/mol. The minimum absolute atomic E-state index is 0.117. The van der Waals surface area contributed by atoms with Crippen molar-refractivity contribution in [3.05, 3.63) is 41.5 Å². The summed E-state index contributed by atoms with van der Waals surface area (Å²) in [7, 11) is 0. The predicted molar refractivity (Wildman–Crippen MR) is 79.3 cm³/mol. The first-order chi connectivity index (χ1) is 11.7. The van der Waals surface area contributed by atoms with Gasteiger partial charge in [0.1, 0.15) is 11.6 Å². The lowest BCUT2D eigenvalue weighted by Crippen LogP contribution is -2.19. The van der Waals surface area contributed by atoms with Gasteiger partial charge < -0.3 is 5.32 Å². The molecular weight excluding hydrogens is 337 g/mol. The number of rotatable bonds is 2. The van der Waals surface area contributed by atoms with E-state index in [1.54, 1.807) is 6.07 Å². The van der Waals surface area contributed by atoms with Crippen LogP contribution in [0, 0.1) is 17.2 Å². The fourth-order valence-corrected chi connectivity index (χ4v) is 2.37. The summed E-state index contributed by atoms with van der Waals surface area (Å²) in [5.41, 5.74) is 0.643. The van der Waals surface area contributed by atoms with E-state index in [1.807, 2.05) is 0 Å². The van der Waals surface area contributed by atoms with Crippen LogP contribution in [0.4, 0.5) is 18.9 Å². The molecular formula is C16H9F3N4O2. The Labute approximate surface area is 139 Å². The highest BCUT2D eigenvalue weighted by atomic mass is 19.4. The van der Waals surface area contributed by atoms with Gasteiger partial charge in [0.15, 0.2) is 0 Å². The zero-order valence-corrected chi connectivity index (χ0v) is 12.7. The number of amides is 1. The Morgan fingerprint density at radius 3 is 2.64 bits per heavy atom. The molecule has 1 aromatic heterocycles. The second-order valence-corrected chi connectivity index (χ2v) is 5.38. The number of alkyl halides is 3. The van der Waals surface area contributed by atoms with E-state index in [0.717, 1.165) is 6.20 Å². The van der Waals surface area contributed by atoms with Crippen molar-refractivity contribution in [2.24, 2.45) is 5.92 Å². The highest BCUT2D eigenvalue weighted by Crippen LogP contribution is 2.38. The van der Waals surface area contributed by atoms with E-state index >= 15 is 0 Å². The lowest BCUT2D eigenvalue weighted by molar-refractivity contribution is -0.145. The SMILES string of the molecule is CC(C#N)C(=O)Nc1ccc2c(c1)C(=O)c1nc(C(F)(F)F)ncc1-2. The molecule has 1 heterocycles. The summed E-state index contributed by atoms with van der Waals surface area (Å²) >= 11 is 0. The number of hydrogen-bond donors (Lipinski definition) is 1. The van der Waals surface area contributed by atoms with Gasteiger partial charge in [0.25, 0.3) is 0 Å². The number of halogens is 3. The van der Waals surface area contributed by atoms with Crippen LogP contribution in [0.5, 0.6) is 0 Å². The number of hydrogen-bond acceptors (Lipinski definition) is 5. The third kappa shape index (κ3) is 2.82. The molecule has 1 N–H and O–H groups in total. The van der Waals surface area contributed by atoms with Crippen LogP contribution in [-0.4, -0.2) is 21.7 Å². The third-order valence-electron chi connectivity index (χ3n) is 3.67. The molecule has 0 saturated carbocycles. The molecule has 2 aromatic rings. The van der Waals surface area contributed by atoms with Crippen LogP contribution in [0.25, 0.3) is 11.1 Å². The van der Waals surface area contributed by atoms with E-state index in [4.69, 9.17) is 5.26 Å². The molecule has 25 heavy (non-hydrogen) atoms. The van der Waals surface area contributed by atoms with Gasteiger partial charge in [-0.1, -0.05) is 6.07 Å². The molecule has 1 aliphatic rings. The fraction of sp³-hybridized carbons (Fsp3) is 0.188. The van der Waals surface area contributed by atoms with Crippen LogP contribution in [-0.2, 0) is 11.0 Å². The second kappa shape index (κ2) is 5.66. The van der Waals surface area contributed by atoms with Crippen LogP contribution >= 0.6 is 0 Å². The number of nitrogens with zero attached hydrogens (tertiary/aromatic N) is 3. The first-order valence-corrected chi connectivity index (χ1v) is 7.06. The first kappa shape index (κ1) is 16.6. The molecule has 0 saturated heterocycles. The van der Waals surface area contributed by atoms with Crippen molar-refractivity contribution in [3.8, 4) is 17.2 Å². The van der Waals surface area contributed by atoms with E-state index in [1.165, 1.54) is 25.1 Å². The Balaban J connectivity index is 1.98. The van der Waals surface area contributed by atoms with Gasteiger partial charge >= 0.3 is 6.18 Å². The molecule has 1 amide bonds. The molecule has 9 heteroatoms. The topological polar surface area (TPSA) is 95.7 Å². The number of ketones is 1. The molecule has 0 bridgehead atoms. The van der Waals surface area contributed by atoms with Gasteiger partial charge in [-0.25, -0.2) is 9.97 Å². The highest BCUT2D eigenvalue weighted by Gasteiger charge is 2.38. The van der Waals surface area contributed by atoms with Gasteiger partial charge in [-0.05, 0) is 24.6 Å². The number of carbonyl (C=O) groups excluding carboxylic acids is 2. The Morgan fingerprint density at radius 2 is 2.00 bits per heavy atom. The molecule has 0 aliphatic heterocycles. The Bertz CT molecular complexity index is 947. The summed E-state index contributed by atoms with van der Waals surface area (Å²) < 4.78 is 38.2. The molecule has 1 aromatic carbocycles. The first-order valence-electron chi connectivity index (χ1n) is 7.06. The minimum Gasteiger partial charge on any atom is -0.325 e. The van der Waals surface area contributed by atoms with Gasteiger partial charge in [-0.3, -0.25) is 9.59 Å². The Kier molecular flexibility index (Phi) is 3.75. The van der Waals surface area contributed by atoms with E-state index in [2.05, 4.69) is 15.3 Å². The van der Waals surface area contributed by atoms with Crippen molar-refractivity contribution in [1.82, 2.24) is 9.97 Å². The van der Waals surface area contributed by atoms with E-state index < -0.39 is 29.6 Å². The van der Waals surface area contributed by atoms with Crippen molar-refractivity contribution in [2.75, 3.05) is 5.32 Å². The van der Waals surface area contributed by atoms with Gasteiger partial charge in [0.2, 0.25) is 17.5 Å². The fourth-order valence-electron chi connectivity index (χ4n) is 2.37. The van der Waals surface area contributed by atoms with Crippen LogP contribution in [0.15, 0.2) is 24.4 Å². The summed E-state index contributed by atoms with van der Waals surface area (Å²) in [5, 5.41) is 11.2. The minimum atomic E-state index is -4.75. The molecule has 3 rings (SSSR count). The average molecular weight is 346 g/mol. The van der Waals surface area contributed by atoms with Crippen molar-refractivity contribution < 1.29 is 22.8 Å². The maximum Gasteiger partial charge on any atom is 0.451 e. The van der Waals surface area contributed by atoms with Crippen LogP contribution in [0.3, 0.4) is 0 Å². The number of benzene rings is 1. The molecule has 0 fully saturated rings. The van der Waals surface area contributed by atoms with Crippen LogP contribution in [0.2, 0.25) is 0 Å². The number of nitriles is 1. The quantitative estimate of drug-likeness (QED) is 0.770. The van der Waals surface area contributed by atoms with Crippen LogP contribution in [0.1, 0.15) is 28.8 Å².